The average Bonchev–Trinajstić information content (AvgIpc) is 2.37. The van der Waals surface area contributed by atoms with E-state index in [1.165, 1.54) is 4.90 Å². The quantitative estimate of drug-likeness (QED) is 0.867. The average molecular weight is 275 g/mol. The van der Waals surface area contributed by atoms with Gasteiger partial charge < -0.3 is 5.73 Å². The van der Waals surface area contributed by atoms with E-state index in [0.29, 0.717) is 6.54 Å². The fourth-order valence-electron chi connectivity index (χ4n) is 2.07. The summed E-state index contributed by atoms with van der Waals surface area (Å²) in [6.07, 6.45) is -0.882. The molecule has 0 saturated carbocycles. The minimum Gasteiger partial charge on any atom is -0.326 e. The number of nitrogens with zero attached hydrogens (tertiary/aromatic N) is 2. The molecule has 0 aliphatic carbocycles. The van der Waals surface area contributed by atoms with Gasteiger partial charge >= 0.3 is 6.18 Å². The van der Waals surface area contributed by atoms with Crippen molar-refractivity contribution in [3.63, 3.8) is 0 Å². The van der Waals surface area contributed by atoms with Gasteiger partial charge in [0.25, 0.3) is 0 Å². The van der Waals surface area contributed by atoms with Crippen molar-refractivity contribution in [1.82, 2.24) is 9.88 Å². The maximum Gasteiger partial charge on any atom is 0.405 e. The van der Waals surface area contributed by atoms with E-state index in [4.69, 9.17) is 5.73 Å². The fourth-order valence-corrected chi connectivity index (χ4v) is 2.07. The normalized spacial score (nSPS) is 15.5. The van der Waals surface area contributed by atoms with Crippen LogP contribution in [-0.4, -0.2) is 34.7 Å². The summed E-state index contributed by atoms with van der Waals surface area (Å²) in [7, 11) is 0. The molecule has 19 heavy (non-hydrogen) atoms. The Morgan fingerprint density at radius 1 is 1.26 bits per heavy atom. The highest BCUT2D eigenvalue weighted by atomic mass is 19.4. The van der Waals surface area contributed by atoms with Gasteiger partial charge in [-0.15, -0.1) is 0 Å². The second-order valence-electron chi connectivity index (χ2n) is 4.48. The first-order chi connectivity index (χ1) is 8.90. The van der Waals surface area contributed by atoms with E-state index < -0.39 is 18.3 Å². The maximum absolute atomic E-state index is 13.2. The number of alkyl halides is 3. The van der Waals surface area contributed by atoms with Gasteiger partial charge in [0.15, 0.2) is 0 Å². The summed E-state index contributed by atoms with van der Waals surface area (Å²) in [5.74, 6) is 0. The molecule has 0 fully saturated rings. The molecule has 2 atom stereocenters. The summed E-state index contributed by atoms with van der Waals surface area (Å²) in [4.78, 5) is 5.22. The first kappa shape index (κ1) is 15.9. The summed E-state index contributed by atoms with van der Waals surface area (Å²) < 4.78 is 39.5. The van der Waals surface area contributed by atoms with E-state index in [-0.39, 0.29) is 13.0 Å². The topological polar surface area (TPSA) is 42.1 Å². The molecule has 108 valence electrons. The van der Waals surface area contributed by atoms with Crippen LogP contribution in [-0.2, 0) is 6.54 Å². The lowest BCUT2D eigenvalue weighted by Crippen LogP contribution is -2.55. The molecule has 0 bridgehead atoms. The summed E-state index contributed by atoms with van der Waals surface area (Å²) in [5, 5.41) is 0. The Labute approximate surface area is 111 Å². The van der Waals surface area contributed by atoms with Crippen molar-refractivity contribution >= 4 is 0 Å². The molecule has 0 radical (unpaired) electrons. The molecule has 0 aromatic carbocycles. The van der Waals surface area contributed by atoms with Crippen LogP contribution in [0.2, 0.25) is 0 Å². The largest absolute Gasteiger partial charge is 0.405 e. The number of nitrogens with two attached hydrogens (primary N) is 1. The lowest BCUT2D eigenvalue weighted by molar-refractivity contribution is -0.190. The number of likely N-dealkylation sites (N-methyl/N-ethyl adjacent to an activating group) is 1. The number of halogens is 3. The fraction of sp³-hybridized carbons (Fsp3) is 0.615. The minimum atomic E-state index is -4.32. The van der Waals surface area contributed by atoms with Crippen molar-refractivity contribution in [2.75, 3.05) is 6.54 Å². The van der Waals surface area contributed by atoms with Gasteiger partial charge in [-0.25, -0.2) is 0 Å². The van der Waals surface area contributed by atoms with Gasteiger partial charge in [-0.05, 0) is 30.7 Å². The molecule has 1 aromatic rings. The third-order valence-electron chi connectivity index (χ3n) is 3.15. The molecule has 3 nitrogen and oxygen atoms in total. The van der Waals surface area contributed by atoms with Gasteiger partial charge in [-0.1, -0.05) is 13.8 Å². The Bertz CT molecular complexity index is 367. The van der Waals surface area contributed by atoms with Crippen LogP contribution < -0.4 is 5.73 Å². The van der Waals surface area contributed by atoms with Crippen molar-refractivity contribution in [3.05, 3.63) is 30.1 Å². The highest BCUT2D eigenvalue weighted by Crippen LogP contribution is 2.28. The van der Waals surface area contributed by atoms with E-state index in [2.05, 4.69) is 4.98 Å². The number of pyridine rings is 1. The zero-order chi connectivity index (χ0) is 14.5. The van der Waals surface area contributed by atoms with Crippen molar-refractivity contribution in [2.24, 2.45) is 5.73 Å². The third-order valence-corrected chi connectivity index (χ3v) is 3.15. The van der Waals surface area contributed by atoms with Crippen LogP contribution in [0.25, 0.3) is 0 Å². The molecule has 1 rings (SSSR count). The first-order valence-corrected chi connectivity index (χ1v) is 6.35. The second kappa shape index (κ2) is 6.86. The van der Waals surface area contributed by atoms with E-state index in [1.54, 1.807) is 38.4 Å². The van der Waals surface area contributed by atoms with Crippen LogP contribution in [0.4, 0.5) is 13.2 Å². The maximum atomic E-state index is 13.2. The van der Waals surface area contributed by atoms with Gasteiger partial charge in [0.2, 0.25) is 0 Å². The van der Waals surface area contributed by atoms with Gasteiger partial charge in [0.1, 0.15) is 6.04 Å². The molecule has 0 amide bonds. The SMILES string of the molecule is CCC(N)C(N(CC)Cc1ccncc1)C(F)(F)F. The van der Waals surface area contributed by atoms with E-state index in [0.717, 1.165) is 5.56 Å². The van der Waals surface area contributed by atoms with Crippen molar-refractivity contribution in [1.29, 1.82) is 0 Å². The number of hydrogen-bond acceptors (Lipinski definition) is 3. The number of rotatable bonds is 6. The Morgan fingerprint density at radius 2 is 1.84 bits per heavy atom. The molecule has 2 N–H and O–H groups in total. The zero-order valence-electron chi connectivity index (χ0n) is 11.2. The molecule has 0 aliphatic heterocycles. The Kier molecular flexibility index (Phi) is 5.75. The van der Waals surface area contributed by atoms with Crippen LogP contribution >= 0.6 is 0 Å². The Balaban J connectivity index is 2.91. The number of aromatic nitrogens is 1. The zero-order valence-corrected chi connectivity index (χ0v) is 11.2. The summed E-state index contributed by atoms with van der Waals surface area (Å²) >= 11 is 0. The van der Waals surface area contributed by atoms with Gasteiger partial charge in [-0.3, -0.25) is 9.88 Å². The molecular weight excluding hydrogens is 255 g/mol. The molecule has 2 unspecified atom stereocenters. The lowest BCUT2D eigenvalue weighted by Gasteiger charge is -2.35. The van der Waals surface area contributed by atoms with Gasteiger partial charge in [-0.2, -0.15) is 13.2 Å². The van der Waals surface area contributed by atoms with Crippen molar-refractivity contribution in [3.8, 4) is 0 Å². The Hall–Kier alpha value is -1.14. The molecule has 1 heterocycles. The Morgan fingerprint density at radius 3 is 2.26 bits per heavy atom. The predicted molar refractivity (Wildman–Crippen MR) is 68.4 cm³/mol. The third kappa shape index (κ3) is 4.47. The first-order valence-electron chi connectivity index (χ1n) is 6.35. The van der Waals surface area contributed by atoms with Crippen LogP contribution in [0.1, 0.15) is 25.8 Å². The highest BCUT2D eigenvalue weighted by Gasteiger charge is 2.46. The summed E-state index contributed by atoms with van der Waals surface area (Å²) in [6, 6.07) is 0.902. The second-order valence-corrected chi connectivity index (χ2v) is 4.48. The van der Waals surface area contributed by atoms with Crippen LogP contribution in [0.5, 0.6) is 0 Å². The smallest absolute Gasteiger partial charge is 0.326 e. The standard InChI is InChI=1S/C13H20F3N3/c1-3-11(17)12(13(14,15)16)19(4-2)9-10-5-7-18-8-6-10/h5-8,11-12H,3-4,9,17H2,1-2H3. The van der Waals surface area contributed by atoms with Crippen LogP contribution in [0.15, 0.2) is 24.5 Å². The molecule has 6 heteroatoms. The van der Waals surface area contributed by atoms with Gasteiger partial charge in [0, 0.05) is 25.0 Å². The van der Waals surface area contributed by atoms with Crippen molar-refractivity contribution < 1.29 is 13.2 Å². The highest BCUT2D eigenvalue weighted by molar-refractivity contribution is 5.10. The summed E-state index contributed by atoms with van der Waals surface area (Å²) in [6.45, 7) is 3.89. The molecule has 1 aromatic heterocycles. The monoisotopic (exact) mass is 275 g/mol. The van der Waals surface area contributed by atoms with E-state index in [1.807, 2.05) is 0 Å². The minimum absolute atomic E-state index is 0.219. The summed E-state index contributed by atoms with van der Waals surface area (Å²) in [5.41, 5.74) is 6.46. The van der Waals surface area contributed by atoms with Crippen molar-refractivity contribution in [2.45, 2.75) is 45.1 Å². The van der Waals surface area contributed by atoms with Crippen LogP contribution in [0.3, 0.4) is 0 Å². The van der Waals surface area contributed by atoms with Gasteiger partial charge in [0.05, 0.1) is 0 Å². The predicted octanol–water partition coefficient (Wildman–Crippen LogP) is 2.57. The molecule has 0 saturated heterocycles. The van der Waals surface area contributed by atoms with E-state index >= 15 is 0 Å². The molecule has 0 aliphatic rings. The number of hydrogen-bond donors (Lipinski definition) is 1. The van der Waals surface area contributed by atoms with Crippen LogP contribution in [0, 0.1) is 0 Å². The molecular formula is C13H20F3N3. The van der Waals surface area contributed by atoms with E-state index in [9.17, 15) is 13.2 Å². The molecule has 0 spiro atoms. The lowest BCUT2D eigenvalue weighted by atomic mass is 10.0.